The first-order chi connectivity index (χ1) is 13.4. The predicted octanol–water partition coefficient (Wildman–Crippen LogP) is 2.39. The number of thiazole rings is 1. The van der Waals surface area contributed by atoms with Crippen LogP contribution in [-0.4, -0.2) is 34.8 Å². The van der Waals surface area contributed by atoms with E-state index < -0.39 is 31.5 Å². The van der Waals surface area contributed by atoms with Gasteiger partial charge in [0.25, 0.3) is 0 Å². The highest BCUT2D eigenvalue weighted by Gasteiger charge is 2.50. The van der Waals surface area contributed by atoms with Crippen LogP contribution in [0.15, 0.2) is 47.3 Å². The molecule has 14 heteroatoms. The average Bonchev–Trinajstić information content (AvgIpc) is 2.87. The molecule has 0 aliphatic heterocycles. The molecule has 156 valence electrons. The molecule has 3 aromatic rings. The molecule has 0 aliphatic carbocycles. The minimum atomic E-state index is -5.37. The minimum Gasteiger partial charge on any atom is -0.508 e. The van der Waals surface area contributed by atoms with Gasteiger partial charge >= 0.3 is 20.1 Å². The standard InChI is InChI=1S/C15H15ClN2O8P2S/c16-9-3-1-2-8(6-9)13(14(27(21,22)23)28(24,25)26)17-18-11-7-10(19)4-5-12(11)29-15(18)20/h1-7,13-14,17,19H,(H2,21,22,23)(H2,24,25,26). The summed E-state index contributed by atoms with van der Waals surface area (Å²) in [6.07, 6.45) is 0. The van der Waals surface area contributed by atoms with Crippen molar-refractivity contribution >= 4 is 48.3 Å². The summed E-state index contributed by atoms with van der Waals surface area (Å²) in [4.78, 5) is 50.6. The number of nitrogens with zero attached hydrogens (tertiary/aromatic N) is 1. The molecule has 0 saturated carbocycles. The zero-order valence-electron chi connectivity index (χ0n) is 14.3. The topological polar surface area (TPSA) is 169 Å². The highest BCUT2D eigenvalue weighted by atomic mass is 35.5. The fraction of sp³-hybridized carbons (Fsp3) is 0.133. The summed E-state index contributed by atoms with van der Waals surface area (Å²) in [5.74, 6) is -0.174. The zero-order chi connectivity index (χ0) is 21.6. The lowest BCUT2D eigenvalue weighted by Gasteiger charge is -2.30. The van der Waals surface area contributed by atoms with E-state index in [4.69, 9.17) is 11.6 Å². The van der Waals surface area contributed by atoms with Crippen molar-refractivity contribution in [3.8, 4) is 5.75 Å². The van der Waals surface area contributed by atoms with Gasteiger partial charge < -0.3 is 30.1 Å². The van der Waals surface area contributed by atoms with Gasteiger partial charge in [-0.2, -0.15) is 0 Å². The summed E-state index contributed by atoms with van der Waals surface area (Å²) in [5.41, 5.74) is 2.73. The summed E-state index contributed by atoms with van der Waals surface area (Å²) >= 11 is 6.71. The number of aromatic hydroxyl groups is 1. The number of hydrogen-bond donors (Lipinski definition) is 6. The Labute approximate surface area is 172 Å². The third-order valence-corrected chi connectivity index (χ3v) is 8.96. The SMILES string of the molecule is O=c1sc2ccc(O)cc2n1NC(c1cccc(Cl)c1)C(P(=O)(O)O)P(=O)(O)O. The molecule has 6 N–H and O–H groups in total. The number of aromatic nitrogens is 1. The number of nitrogens with one attached hydrogen (secondary N) is 1. The van der Waals surface area contributed by atoms with Gasteiger partial charge in [-0.1, -0.05) is 35.1 Å². The van der Waals surface area contributed by atoms with E-state index in [1.165, 1.54) is 42.5 Å². The summed E-state index contributed by atoms with van der Waals surface area (Å²) in [6, 6.07) is 7.90. The number of hydrogen-bond acceptors (Lipinski definition) is 6. The Balaban J connectivity index is 2.23. The molecular formula is C15H15ClN2O8P2S. The molecule has 0 radical (unpaired) electrons. The van der Waals surface area contributed by atoms with Gasteiger partial charge in [0.2, 0.25) is 0 Å². The second kappa shape index (κ2) is 7.86. The van der Waals surface area contributed by atoms with Gasteiger partial charge in [0, 0.05) is 11.1 Å². The third-order valence-electron chi connectivity index (χ3n) is 4.03. The van der Waals surface area contributed by atoms with Gasteiger partial charge in [-0.05, 0) is 29.8 Å². The Morgan fingerprint density at radius 1 is 1.03 bits per heavy atom. The van der Waals surface area contributed by atoms with Crippen LogP contribution in [0.25, 0.3) is 10.2 Å². The second-order valence-corrected chi connectivity index (χ2v) is 11.4. The molecule has 1 unspecified atom stereocenters. The molecule has 10 nitrogen and oxygen atoms in total. The Bertz CT molecular complexity index is 1190. The quantitative estimate of drug-likeness (QED) is 0.290. The van der Waals surface area contributed by atoms with Crippen molar-refractivity contribution in [2.45, 2.75) is 11.4 Å². The van der Waals surface area contributed by atoms with E-state index in [1.807, 2.05) is 0 Å². The van der Waals surface area contributed by atoms with Crippen molar-refractivity contribution in [3.05, 3.63) is 62.7 Å². The van der Waals surface area contributed by atoms with E-state index in [2.05, 4.69) is 5.43 Å². The molecule has 3 rings (SSSR count). The normalized spacial score (nSPS) is 13.7. The lowest BCUT2D eigenvalue weighted by atomic mass is 10.1. The highest BCUT2D eigenvalue weighted by molar-refractivity contribution is 7.71. The van der Waals surface area contributed by atoms with Crippen LogP contribution in [0.3, 0.4) is 0 Å². The molecule has 0 bridgehead atoms. The summed E-state index contributed by atoms with van der Waals surface area (Å²) < 4.78 is 25.3. The van der Waals surface area contributed by atoms with Crippen molar-refractivity contribution < 1.29 is 33.8 Å². The molecule has 0 aliphatic rings. The van der Waals surface area contributed by atoms with Crippen LogP contribution in [0.1, 0.15) is 11.6 Å². The summed E-state index contributed by atoms with van der Waals surface area (Å²) in [7, 11) is -10.7. The van der Waals surface area contributed by atoms with Crippen molar-refractivity contribution in [2.75, 3.05) is 5.43 Å². The average molecular weight is 481 g/mol. The molecule has 0 amide bonds. The molecule has 0 fully saturated rings. The largest absolute Gasteiger partial charge is 0.508 e. The maximum Gasteiger partial charge on any atom is 0.343 e. The number of halogens is 1. The maximum atomic E-state index is 12.4. The van der Waals surface area contributed by atoms with E-state index in [1.54, 1.807) is 0 Å². The lowest BCUT2D eigenvalue weighted by molar-refractivity contribution is 0.330. The summed E-state index contributed by atoms with van der Waals surface area (Å²) in [5, 5.41) is 7.38. The van der Waals surface area contributed by atoms with Crippen LogP contribution in [0.2, 0.25) is 5.02 Å². The van der Waals surface area contributed by atoms with Gasteiger partial charge in [-0.3, -0.25) is 13.9 Å². The van der Waals surface area contributed by atoms with Gasteiger partial charge in [0.05, 0.1) is 16.3 Å². The zero-order valence-corrected chi connectivity index (χ0v) is 17.6. The van der Waals surface area contributed by atoms with Crippen molar-refractivity contribution in [1.82, 2.24) is 4.68 Å². The molecule has 2 aromatic carbocycles. The van der Waals surface area contributed by atoms with Crippen LogP contribution in [0.5, 0.6) is 5.75 Å². The molecular weight excluding hydrogens is 466 g/mol. The molecule has 29 heavy (non-hydrogen) atoms. The lowest BCUT2D eigenvalue weighted by Crippen LogP contribution is -2.35. The Morgan fingerprint density at radius 3 is 2.28 bits per heavy atom. The van der Waals surface area contributed by atoms with E-state index in [9.17, 15) is 38.6 Å². The third kappa shape index (κ3) is 4.74. The minimum absolute atomic E-state index is 0.0422. The fourth-order valence-electron chi connectivity index (χ4n) is 2.86. The second-order valence-electron chi connectivity index (χ2n) is 6.11. The molecule has 0 saturated heterocycles. The van der Waals surface area contributed by atoms with E-state index >= 15 is 0 Å². The van der Waals surface area contributed by atoms with Crippen molar-refractivity contribution in [1.29, 1.82) is 0 Å². The van der Waals surface area contributed by atoms with E-state index in [0.29, 0.717) is 4.70 Å². The van der Waals surface area contributed by atoms with Crippen LogP contribution < -0.4 is 10.3 Å². The number of fused-ring (bicyclic) bond motifs is 1. The summed E-state index contributed by atoms with van der Waals surface area (Å²) in [6.45, 7) is 0. The van der Waals surface area contributed by atoms with Gasteiger partial charge in [0.15, 0.2) is 5.40 Å². The Morgan fingerprint density at radius 2 is 1.69 bits per heavy atom. The smallest absolute Gasteiger partial charge is 0.343 e. The van der Waals surface area contributed by atoms with Crippen molar-refractivity contribution in [2.24, 2.45) is 0 Å². The first kappa shape index (κ1) is 22.0. The van der Waals surface area contributed by atoms with Crippen LogP contribution in [0, 0.1) is 0 Å². The van der Waals surface area contributed by atoms with Gasteiger partial charge in [-0.25, -0.2) is 4.68 Å². The van der Waals surface area contributed by atoms with Crippen LogP contribution in [-0.2, 0) is 9.13 Å². The van der Waals surface area contributed by atoms with Crippen LogP contribution in [0.4, 0.5) is 0 Å². The molecule has 1 atom stereocenters. The fourth-order valence-corrected chi connectivity index (χ4v) is 6.71. The van der Waals surface area contributed by atoms with E-state index in [-0.39, 0.29) is 21.9 Å². The van der Waals surface area contributed by atoms with Gasteiger partial charge in [-0.15, -0.1) is 0 Å². The first-order valence-electron chi connectivity index (χ1n) is 7.85. The maximum absolute atomic E-state index is 12.4. The number of phenolic OH excluding ortho intramolecular Hbond substituents is 1. The van der Waals surface area contributed by atoms with Crippen molar-refractivity contribution in [3.63, 3.8) is 0 Å². The molecule has 1 heterocycles. The first-order valence-corrected chi connectivity index (χ1v) is 12.4. The number of rotatable bonds is 6. The molecule has 1 aromatic heterocycles. The monoisotopic (exact) mass is 480 g/mol. The van der Waals surface area contributed by atoms with E-state index in [0.717, 1.165) is 16.0 Å². The van der Waals surface area contributed by atoms with Gasteiger partial charge in [0.1, 0.15) is 5.75 Å². The Hall–Kier alpha value is -1.68. The highest BCUT2D eigenvalue weighted by Crippen LogP contribution is 2.64. The molecule has 0 spiro atoms. The number of benzene rings is 2. The Kier molecular flexibility index (Phi) is 5.97. The number of phenols is 1. The predicted molar refractivity (Wildman–Crippen MR) is 109 cm³/mol. The van der Waals surface area contributed by atoms with Crippen LogP contribution >= 0.6 is 38.1 Å².